The lowest BCUT2D eigenvalue weighted by Gasteiger charge is -2.32. The van der Waals surface area contributed by atoms with E-state index in [1.54, 1.807) is 0 Å². The Morgan fingerprint density at radius 1 is 1.10 bits per heavy atom. The summed E-state index contributed by atoms with van der Waals surface area (Å²) in [6.07, 6.45) is 4.98. The summed E-state index contributed by atoms with van der Waals surface area (Å²) in [5.41, 5.74) is 5.00. The third-order valence-corrected chi connectivity index (χ3v) is 4.66. The van der Waals surface area contributed by atoms with Gasteiger partial charge in [0.1, 0.15) is 0 Å². The Bertz CT molecular complexity index is 592. The maximum absolute atomic E-state index is 4.53. The lowest BCUT2D eigenvalue weighted by atomic mass is 9.87. The Morgan fingerprint density at radius 3 is 2.30 bits per heavy atom. The highest BCUT2D eigenvalue weighted by molar-refractivity contribution is 5.55. The molecular formula is C17H23N3. The first kappa shape index (κ1) is 13.2. The average Bonchev–Trinajstić information content (AvgIpc) is 3.02. The van der Waals surface area contributed by atoms with Crippen LogP contribution in [0.4, 0.5) is 5.69 Å². The highest BCUT2D eigenvalue weighted by Crippen LogP contribution is 2.42. The van der Waals surface area contributed by atoms with Gasteiger partial charge in [0.15, 0.2) is 0 Å². The minimum Gasteiger partial charge on any atom is -0.373 e. The summed E-state index contributed by atoms with van der Waals surface area (Å²) in [5, 5.41) is 8.38. The maximum Gasteiger partial charge on any atom is 0.0828 e. The number of benzene rings is 1. The van der Waals surface area contributed by atoms with E-state index >= 15 is 0 Å². The molecule has 1 aromatic carbocycles. The highest BCUT2D eigenvalue weighted by Gasteiger charge is 2.36. The van der Waals surface area contributed by atoms with Gasteiger partial charge < -0.3 is 5.32 Å². The van der Waals surface area contributed by atoms with Crippen molar-refractivity contribution in [1.82, 2.24) is 9.78 Å². The fourth-order valence-electron chi connectivity index (χ4n) is 3.42. The van der Waals surface area contributed by atoms with Crippen molar-refractivity contribution >= 4 is 5.69 Å². The van der Waals surface area contributed by atoms with Gasteiger partial charge in [-0.3, -0.25) is 4.68 Å². The third-order valence-electron chi connectivity index (χ3n) is 4.66. The van der Waals surface area contributed by atoms with Crippen LogP contribution in [0.15, 0.2) is 30.3 Å². The van der Waals surface area contributed by atoms with Crippen LogP contribution in [0.5, 0.6) is 0 Å². The van der Waals surface area contributed by atoms with Gasteiger partial charge in [0.2, 0.25) is 0 Å². The molecule has 0 bridgehead atoms. The fourth-order valence-corrected chi connectivity index (χ4v) is 3.42. The number of rotatable bonds is 3. The number of anilines is 1. The van der Waals surface area contributed by atoms with Gasteiger partial charge in [-0.2, -0.15) is 5.10 Å². The Balaban J connectivity index is 2.00. The number of aromatic nitrogens is 2. The van der Waals surface area contributed by atoms with E-state index in [0.717, 1.165) is 5.69 Å². The van der Waals surface area contributed by atoms with Crippen LogP contribution in [0.2, 0.25) is 0 Å². The molecule has 3 rings (SSSR count). The van der Waals surface area contributed by atoms with Crippen LogP contribution in [0.1, 0.15) is 42.6 Å². The maximum atomic E-state index is 4.53. The lowest BCUT2D eigenvalue weighted by molar-refractivity contribution is 0.508. The molecule has 2 aromatic rings. The van der Waals surface area contributed by atoms with Gasteiger partial charge in [-0.05, 0) is 32.3 Å². The van der Waals surface area contributed by atoms with Crippen molar-refractivity contribution in [3.63, 3.8) is 0 Å². The molecule has 0 unspecified atom stereocenters. The van der Waals surface area contributed by atoms with Crippen molar-refractivity contribution in [3.8, 4) is 0 Å². The highest BCUT2D eigenvalue weighted by atomic mass is 15.3. The van der Waals surface area contributed by atoms with E-state index in [-0.39, 0.29) is 5.54 Å². The van der Waals surface area contributed by atoms with Crippen LogP contribution in [0, 0.1) is 13.8 Å². The molecule has 0 spiro atoms. The molecule has 3 heteroatoms. The fraction of sp³-hybridized carbons (Fsp3) is 0.471. The standard InChI is InChI=1S/C17H23N3/c1-13-16(14(2)20(3)19-13)18-17(11-7-8-12-17)15-9-5-4-6-10-15/h4-6,9-10,18H,7-8,11-12H2,1-3H3. The van der Waals surface area contributed by atoms with Gasteiger partial charge in [0.05, 0.1) is 22.6 Å². The zero-order valence-electron chi connectivity index (χ0n) is 12.6. The quantitative estimate of drug-likeness (QED) is 0.915. The summed E-state index contributed by atoms with van der Waals surface area (Å²) >= 11 is 0. The molecular weight excluding hydrogens is 246 g/mol. The SMILES string of the molecule is Cc1nn(C)c(C)c1NC1(c2ccccc2)CCCC1. The van der Waals surface area contributed by atoms with Crippen molar-refractivity contribution in [2.75, 3.05) is 5.32 Å². The summed E-state index contributed by atoms with van der Waals surface area (Å²) in [7, 11) is 2.01. The number of hydrogen-bond acceptors (Lipinski definition) is 2. The van der Waals surface area contributed by atoms with Crippen molar-refractivity contribution in [2.24, 2.45) is 7.05 Å². The van der Waals surface area contributed by atoms with E-state index in [1.165, 1.54) is 42.6 Å². The molecule has 0 saturated heterocycles. The molecule has 1 aliphatic rings. The minimum atomic E-state index is 0.0831. The van der Waals surface area contributed by atoms with Crippen LogP contribution in [0.3, 0.4) is 0 Å². The zero-order chi connectivity index (χ0) is 14.2. The molecule has 0 atom stereocenters. The monoisotopic (exact) mass is 269 g/mol. The molecule has 0 amide bonds. The molecule has 1 aromatic heterocycles. The molecule has 20 heavy (non-hydrogen) atoms. The van der Waals surface area contributed by atoms with Crippen LogP contribution in [-0.4, -0.2) is 9.78 Å². The topological polar surface area (TPSA) is 29.9 Å². The van der Waals surface area contributed by atoms with E-state index in [0.29, 0.717) is 0 Å². The molecule has 3 nitrogen and oxygen atoms in total. The molecule has 0 radical (unpaired) electrons. The second-order valence-corrected chi connectivity index (χ2v) is 5.95. The van der Waals surface area contributed by atoms with Gasteiger partial charge in [-0.1, -0.05) is 43.2 Å². The lowest BCUT2D eigenvalue weighted by Crippen LogP contribution is -2.32. The van der Waals surface area contributed by atoms with Crippen molar-refractivity contribution < 1.29 is 0 Å². The smallest absolute Gasteiger partial charge is 0.0828 e. The molecule has 1 N–H and O–H groups in total. The Kier molecular flexibility index (Phi) is 3.28. The molecule has 1 aliphatic carbocycles. The number of nitrogens with zero attached hydrogens (tertiary/aromatic N) is 2. The second-order valence-electron chi connectivity index (χ2n) is 5.95. The predicted molar refractivity (Wildman–Crippen MR) is 82.9 cm³/mol. The molecule has 1 saturated carbocycles. The normalized spacial score (nSPS) is 17.4. The van der Waals surface area contributed by atoms with Crippen LogP contribution < -0.4 is 5.32 Å². The summed E-state index contributed by atoms with van der Waals surface area (Å²) in [4.78, 5) is 0. The second kappa shape index (κ2) is 4.97. The number of nitrogens with one attached hydrogen (secondary N) is 1. The number of hydrogen-bond donors (Lipinski definition) is 1. The summed E-state index contributed by atoms with van der Waals surface area (Å²) in [6, 6.07) is 10.9. The number of aryl methyl sites for hydroxylation is 2. The van der Waals surface area contributed by atoms with Crippen molar-refractivity contribution in [3.05, 3.63) is 47.3 Å². The van der Waals surface area contributed by atoms with E-state index in [2.05, 4.69) is 54.6 Å². The van der Waals surface area contributed by atoms with Gasteiger partial charge in [0, 0.05) is 7.05 Å². The molecule has 1 fully saturated rings. The Hall–Kier alpha value is -1.77. The zero-order valence-corrected chi connectivity index (χ0v) is 12.6. The van der Waals surface area contributed by atoms with Crippen molar-refractivity contribution in [2.45, 2.75) is 45.1 Å². The predicted octanol–water partition coefficient (Wildman–Crippen LogP) is 3.92. The molecule has 106 valence electrons. The third kappa shape index (κ3) is 2.11. The Morgan fingerprint density at radius 2 is 1.75 bits per heavy atom. The van der Waals surface area contributed by atoms with Crippen LogP contribution >= 0.6 is 0 Å². The van der Waals surface area contributed by atoms with E-state index < -0.39 is 0 Å². The van der Waals surface area contributed by atoms with Gasteiger partial charge >= 0.3 is 0 Å². The first-order valence-corrected chi connectivity index (χ1v) is 7.46. The van der Waals surface area contributed by atoms with Crippen LogP contribution in [-0.2, 0) is 12.6 Å². The Labute approximate surface area is 121 Å². The van der Waals surface area contributed by atoms with Gasteiger partial charge in [-0.15, -0.1) is 0 Å². The summed E-state index contributed by atoms with van der Waals surface area (Å²) in [6.45, 7) is 4.22. The van der Waals surface area contributed by atoms with Gasteiger partial charge in [-0.25, -0.2) is 0 Å². The van der Waals surface area contributed by atoms with Crippen LogP contribution in [0.25, 0.3) is 0 Å². The van der Waals surface area contributed by atoms with Gasteiger partial charge in [0.25, 0.3) is 0 Å². The summed E-state index contributed by atoms with van der Waals surface area (Å²) < 4.78 is 1.96. The minimum absolute atomic E-state index is 0.0831. The summed E-state index contributed by atoms with van der Waals surface area (Å²) in [5.74, 6) is 0. The van der Waals surface area contributed by atoms with E-state index in [1.807, 2.05) is 11.7 Å². The van der Waals surface area contributed by atoms with E-state index in [4.69, 9.17) is 0 Å². The molecule has 0 aliphatic heterocycles. The average molecular weight is 269 g/mol. The van der Waals surface area contributed by atoms with E-state index in [9.17, 15) is 0 Å². The largest absolute Gasteiger partial charge is 0.373 e. The molecule has 1 heterocycles. The first-order valence-electron chi connectivity index (χ1n) is 7.46. The van der Waals surface area contributed by atoms with Crippen molar-refractivity contribution in [1.29, 1.82) is 0 Å². The first-order chi connectivity index (χ1) is 9.62.